The zero-order chi connectivity index (χ0) is 27.5. The van der Waals surface area contributed by atoms with Crippen LogP contribution in [0.2, 0.25) is 10.0 Å². The molecule has 1 amide bonds. The first-order chi connectivity index (χ1) is 18.5. The molecule has 0 spiro atoms. The molecule has 2 aliphatic rings. The zero-order valence-corrected chi connectivity index (χ0v) is 23.2. The van der Waals surface area contributed by atoms with E-state index in [9.17, 15) is 9.82 Å². The minimum Gasteiger partial charge on any atom is -0.423 e. The van der Waals surface area contributed by atoms with E-state index in [1.54, 1.807) is 6.07 Å². The van der Waals surface area contributed by atoms with Crippen molar-refractivity contribution in [1.82, 2.24) is 9.72 Å². The van der Waals surface area contributed by atoms with Crippen LogP contribution in [-0.4, -0.2) is 28.2 Å². The van der Waals surface area contributed by atoms with E-state index in [1.165, 1.54) is 0 Å². The van der Waals surface area contributed by atoms with Gasteiger partial charge in [-0.05, 0) is 79.8 Å². The number of aromatic nitrogens is 1. The Balaban J connectivity index is 1.22. The maximum Gasteiger partial charge on any atom is 0.492 e. The first-order valence-corrected chi connectivity index (χ1v) is 13.4. The Kier molecular flexibility index (Phi) is 6.27. The molecule has 10 heteroatoms. The summed E-state index contributed by atoms with van der Waals surface area (Å²) in [6, 6.07) is 18.6. The van der Waals surface area contributed by atoms with E-state index >= 15 is 0 Å². The molecular formula is C29H26BCl2N3O4. The van der Waals surface area contributed by atoms with Crippen molar-refractivity contribution >= 4 is 52.9 Å². The van der Waals surface area contributed by atoms with Gasteiger partial charge in [-0.15, -0.1) is 0 Å². The fraction of sp³-hybridized carbons (Fsp3) is 0.241. The smallest absolute Gasteiger partial charge is 0.423 e. The lowest BCUT2D eigenvalue weighted by Gasteiger charge is -2.22. The van der Waals surface area contributed by atoms with Gasteiger partial charge in [0.1, 0.15) is 5.71 Å². The topological polar surface area (TPSA) is 84.6 Å². The number of rotatable bonds is 5. The Morgan fingerprint density at radius 2 is 1.87 bits per heavy atom. The summed E-state index contributed by atoms with van der Waals surface area (Å²) in [7, 11) is -0.934. The van der Waals surface area contributed by atoms with E-state index < -0.39 is 18.3 Å². The predicted octanol–water partition coefficient (Wildman–Crippen LogP) is 5.17. The number of pyridine rings is 1. The van der Waals surface area contributed by atoms with Gasteiger partial charge >= 0.3 is 7.12 Å². The number of amides is 1. The molecule has 0 aliphatic carbocycles. The number of benzene rings is 2. The minimum atomic E-state index is -0.934. The number of hydrogen-bond acceptors (Lipinski definition) is 5. The third-order valence-electron chi connectivity index (χ3n) is 7.46. The molecule has 0 bridgehead atoms. The highest BCUT2D eigenvalue weighted by Crippen LogP contribution is 2.38. The van der Waals surface area contributed by atoms with Crippen molar-refractivity contribution in [2.75, 3.05) is 0 Å². The van der Waals surface area contributed by atoms with E-state index in [0.717, 1.165) is 39.1 Å². The standard InChI is InChI=1S/C29H26BCl2N3O4/c1-28(2)22-11-17(6-8-23(22)30(37)38-28)16-33-27(36)21-7-9-26(35-10-4-5-25(21)35)24-15-29(3,39-34-24)18-12-19(31)14-20(32)13-18/h4-14,37H,15-16H2,1-3H3,(H,33,36). The van der Waals surface area contributed by atoms with Crippen molar-refractivity contribution in [3.05, 3.63) is 105 Å². The Hall–Kier alpha value is -3.30. The van der Waals surface area contributed by atoms with Crippen LogP contribution in [0.3, 0.4) is 0 Å². The van der Waals surface area contributed by atoms with Gasteiger partial charge in [-0.3, -0.25) is 4.79 Å². The summed E-state index contributed by atoms with van der Waals surface area (Å²) in [5.74, 6) is -0.190. The van der Waals surface area contributed by atoms with Crippen molar-refractivity contribution in [2.24, 2.45) is 5.16 Å². The molecule has 4 heterocycles. The molecule has 198 valence electrons. The van der Waals surface area contributed by atoms with Gasteiger partial charge in [0, 0.05) is 34.8 Å². The van der Waals surface area contributed by atoms with Crippen molar-refractivity contribution in [3.63, 3.8) is 0 Å². The van der Waals surface area contributed by atoms with Crippen LogP contribution in [0.5, 0.6) is 0 Å². The molecule has 1 atom stereocenters. The molecule has 2 aromatic heterocycles. The van der Waals surface area contributed by atoms with Gasteiger partial charge < -0.3 is 24.2 Å². The molecule has 7 nitrogen and oxygen atoms in total. The quantitative estimate of drug-likeness (QED) is 0.329. The second-order valence-corrected chi connectivity index (χ2v) is 11.5. The normalized spacial score (nSPS) is 19.6. The van der Waals surface area contributed by atoms with E-state index in [0.29, 0.717) is 28.6 Å². The summed E-state index contributed by atoms with van der Waals surface area (Å²) < 4.78 is 7.59. The van der Waals surface area contributed by atoms with Gasteiger partial charge in [-0.2, -0.15) is 0 Å². The molecule has 0 fully saturated rings. The second kappa shape index (κ2) is 9.42. The highest BCUT2D eigenvalue weighted by atomic mass is 35.5. The van der Waals surface area contributed by atoms with Crippen LogP contribution >= 0.6 is 23.2 Å². The largest absolute Gasteiger partial charge is 0.492 e. The Labute approximate surface area is 236 Å². The fourth-order valence-corrected chi connectivity index (χ4v) is 5.92. The number of oxime groups is 1. The summed E-state index contributed by atoms with van der Waals surface area (Å²) in [4.78, 5) is 19.2. The highest BCUT2D eigenvalue weighted by molar-refractivity contribution is 6.61. The third kappa shape index (κ3) is 4.61. The van der Waals surface area contributed by atoms with Gasteiger partial charge in [-0.1, -0.05) is 46.6 Å². The Morgan fingerprint density at radius 1 is 1.10 bits per heavy atom. The molecule has 1 unspecified atom stereocenters. The second-order valence-electron chi connectivity index (χ2n) is 10.7. The number of hydrogen-bond donors (Lipinski definition) is 2. The van der Waals surface area contributed by atoms with Crippen molar-refractivity contribution in [1.29, 1.82) is 0 Å². The van der Waals surface area contributed by atoms with E-state index in [-0.39, 0.29) is 5.91 Å². The number of nitrogens with zero attached hydrogens (tertiary/aromatic N) is 2. The first-order valence-electron chi connectivity index (χ1n) is 12.6. The lowest BCUT2D eigenvalue weighted by molar-refractivity contribution is -0.00737. The SMILES string of the molecule is CC1(C)OB(O)c2ccc(CNC(=O)c3ccc(C4=NOC(C)(c5cc(Cl)cc(Cl)c5)C4)n4cccc34)cc21. The minimum absolute atomic E-state index is 0.190. The number of carbonyl (C=O) groups is 1. The number of nitrogens with one attached hydrogen (secondary N) is 1. The van der Waals surface area contributed by atoms with Crippen LogP contribution < -0.4 is 10.8 Å². The van der Waals surface area contributed by atoms with Crippen molar-refractivity contribution in [3.8, 4) is 0 Å². The van der Waals surface area contributed by atoms with Crippen molar-refractivity contribution < 1.29 is 19.3 Å². The molecule has 0 saturated heterocycles. The maximum atomic E-state index is 13.3. The maximum absolute atomic E-state index is 13.3. The highest BCUT2D eigenvalue weighted by Gasteiger charge is 2.40. The number of halogens is 2. The van der Waals surface area contributed by atoms with Crippen molar-refractivity contribution in [2.45, 2.75) is 44.9 Å². The Morgan fingerprint density at radius 3 is 2.64 bits per heavy atom. The average molecular weight is 562 g/mol. The van der Waals surface area contributed by atoms with Crippen LogP contribution in [0.15, 0.2) is 72.0 Å². The molecule has 2 aromatic carbocycles. The van der Waals surface area contributed by atoms with Crippen LogP contribution in [-0.2, 0) is 27.2 Å². The summed E-state index contributed by atoms with van der Waals surface area (Å²) in [5.41, 5.74) is 5.04. The van der Waals surface area contributed by atoms with Gasteiger partial charge in [0.25, 0.3) is 5.91 Å². The molecular weight excluding hydrogens is 536 g/mol. The van der Waals surface area contributed by atoms with E-state index in [2.05, 4.69) is 10.5 Å². The average Bonchev–Trinajstić information content (AvgIpc) is 3.58. The molecule has 0 saturated carbocycles. The van der Waals surface area contributed by atoms with E-state index in [4.69, 9.17) is 32.7 Å². The molecule has 0 radical (unpaired) electrons. The van der Waals surface area contributed by atoms with Crippen LogP contribution in [0.1, 0.15) is 59.9 Å². The van der Waals surface area contributed by atoms with Crippen LogP contribution in [0.4, 0.5) is 0 Å². The molecule has 2 aliphatic heterocycles. The molecule has 2 N–H and O–H groups in total. The first kappa shape index (κ1) is 26.0. The fourth-order valence-electron chi connectivity index (χ4n) is 5.39. The summed E-state index contributed by atoms with van der Waals surface area (Å²) in [6.07, 6.45) is 2.42. The summed E-state index contributed by atoms with van der Waals surface area (Å²) in [5, 5.41) is 18.6. The lowest BCUT2D eigenvalue weighted by Crippen LogP contribution is -2.29. The number of carbonyl (C=O) groups excluding carboxylic acids is 1. The molecule has 39 heavy (non-hydrogen) atoms. The molecule has 4 aromatic rings. The van der Waals surface area contributed by atoms with Crippen LogP contribution in [0, 0.1) is 0 Å². The van der Waals surface area contributed by atoms with Gasteiger partial charge in [0.2, 0.25) is 0 Å². The third-order valence-corrected chi connectivity index (χ3v) is 7.90. The molecule has 6 rings (SSSR count). The van der Waals surface area contributed by atoms with Crippen LogP contribution in [0.25, 0.3) is 5.52 Å². The Bertz CT molecular complexity index is 1650. The van der Waals surface area contributed by atoms with Gasteiger partial charge in [0.15, 0.2) is 5.60 Å². The number of fused-ring (bicyclic) bond motifs is 2. The summed E-state index contributed by atoms with van der Waals surface area (Å²) in [6.45, 7) is 6.13. The van der Waals surface area contributed by atoms with Gasteiger partial charge in [-0.25, -0.2) is 0 Å². The summed E-state index contributed by atoms with van der Waals surface area (Å²) >= 11 is 12.5. The monoisotopic (exact) mass is 561 g/mol. The zero-order valence-electron chi connectivity index (χ0n) is 21.7. The van der Waals surface area contributed by atoms with E-state index in [1.807, 2.05) is 86.0 Å². The predicted molar refractivity (Wildman–Crippen MR) is 153 cm³/mol. The lowest BCUT2D eigenvalue weighted by atomic mass is 9.78. The van der Waals surface area contributed by atoms with Gasteiger partial charge in [0.05, 0.1) is 22.4 Å².